The summed E-state index contributed by atoms with van der Waals surface area (Å²) in [5, 5.41) is 8.38. The molecule has 3 heterocycles. The van der Waals surface area contributed by atoms with Crippen molar-refractivity contribution in [3.05, 3.63) is 77.3 Å². The number of hydrogen-bond acceptors (Lipinski definition) is 5. The summed E-state index contributed by atoms with van der Waals surface area (Å²) in [5.41, 5.74) is 2.68. The van der Waals surface area contributed by atoms with E-state index in [1.807, 2.05) is 35.0 Å². The van der Waals surface area contributed by atoms with E-state index in [4.69, 9.17) is 21.3 Å². The Morgan fingerprint density at radius 1 is 1.16 bits per heavy atom. The summed E-state index contributed by atoms with van der Waals surface area (Å²) in [7, 11) is 1.62. The fraction of sp³-hybridized carbons (Fsp3) is 0.261. The summed E-state index contributed by atoms with van der Waals surface area (Å²) < 4.78 is 22.7. The van der Waals surface area contributed by atoms with Gasteiger partial charge in [0.1, 0.15) is 28.9 Å². The second-order valence-electron chi connectivity index (χ2n) is 7.73. The number of anilines is 2. The number of methoxy groups -OCH3 is 1. The van der Waals surface area contributed by atoms with Gasteiger partial charge in [-0.2, -0.15) is 4.98 Å². The van der Waals surface area contributed by atoms with Crippen molar-refractivity contribution >= 4 is 23.2 Å². The van der Waals surface area contributed by atoms with E-state index in [2.05, 4.69) is 15.4 Å². The van der Waals surface area contributed by atoms with Gasteiger partial charge in [-0.25, -0.2) is 14.1 Å². The van der Waals surface area contributed by atoms with Gasteiger partial charge in [0.05, 0.1) is 12.8 Å². The average molecular weight is 453 g/mol. The van der Waals surface area contributed by atoms with E-state index in [0.29, 0.717) is 16.9 Å². The molecule has 5 rings (SSSR count). The molecule has 1 N–H and O–H groups in total. The second kappa shape index (κ2) is 8.63. The number of aromatic nitrogens is 5. The van der Waals surface area contributed by atoms with E-state index in [1.54, 1.807) is 24.2 Å². The smallest absolute Gasteiger partial charge is 0.246 e. The molecule has 9 heteroatoms. The molecule has 32 heavy (non-hydrogen) atoms. The van der Waals surface area contributed by atoms with Crippen LogP contribution in [-0.4, -0.2) is 31.4 Å². The Morgan fingerprint density at radius 2 is 2.00 bits per heavy atom. The van der Waals surface area contributed by atoms with Gasteiger partial charge in [-0.1, -0.05) is 30.2 Å². The van der Waals surface area contributed by atoms with Gasteiger partial charge < -0.3 is 14.6 Å². The summed E-state index contributed by atoms with van der Waals surface area (Å²) >= 11 is 5.95. The van der Waals surface area contributed by atoms with Gasteiger partial charge >= 0.3 is 0 Å². The standard InChI is InChI=1S/C23H22ClFN6O/c1-32-20-12-17(9-10-19(20)30-13-21(24)26-14-30)27-23-28-22-18(4-2-3-11-31(22)29-23)15-5-7-16(25)8-6-15/h5-10,12-14,18H,2-4,11H2,1H3,(H,27,29). The molecule has 2 aromatic carbocycles. The molecular weight excluding hydrogens is 431 g/mol. The molecule has 0 amide bonds. The third kappa shape index (κ3) is 4.05. The maximum absolute atomic E-state index is 13.4. The Bertz CT molecular complexity index is 1240. The lowest BCUT2D eigenvalue weighted by Gasteiger charge is -2.14. The summed E-state index contributed by atoms with van der Waals surface area (Å²) in [6.45, 7) is 0.811. The third-order valence-electron chi connectivity index (χ3n) is 5.66. The Hall–Kier alpha value is -3.39. The highest BCUT2D eigenvalue weighted by Gasteiger charge is 2.24. The van der Waals surface area contributed by atoms with E-state index in [9.17, 15) is 4.39 Å². The van der Waals surface area contributed by atoms with Crippen LogP contribution >= 0.6 is 11.6 Å². The normalized spacial score (nSPS) is 15.8. The molecule has 1 atom stereocenters. The minimum Gasteiger partial charge on any atom is -0.494 e. The number of benzene rings is 2. The molecule has 0 fully saturated rings. The molecular formula is C23H22ClFN6O. The van der Waals surface area contributed by atoms with Crippen molar-refractivity contribution in [3.63, 3.8) is 0 Å². The van der Waals surface area contributed by atoms with Crippen LogP contribution in [0, 0.1) is 5.82 Å². The van der Waals surface area contributed by atoms with Gasteiger partial charge in [-0.05, 0) is 42.7 Å². The first-order chi connectivity index (χ1) is 15.6. The Morgan fingerprint density at radius 3 is 2.75 bits per heavy atom. The first-order valence-electron chi connectivity index (χ1n) is 10.5. The number of imidazole rings is 1. The van der Waals surface area contributed by atoms with Gasteiger partial charge in [-0.3, -0.25) is 0 Å². The minimum atomic E-state index is -0.235. The zero-order valence-corrected chi connectivity index (χ0v) is 18.3. The van der Waals surface area contributed by atoms with E-state index < -0.39 is 0 Å². The predicted octanol–water partition coefficient (Wildman–Crippen LogP) is 5.32. The van der Waals surface area contributed by atoms with Gasteiger partial charge in [0.25, 0.3) is 0 Å². The summed E-state index contributed by atoms with van der Waals surface area (Å²) in [4.78, 5) is 8.85. The maximum Gasteiger partial charge on any atom is 0.246 e. The van der Waals surface area contributed by atoms with E-state index >= 15 is 0 Å². The first-order valence-corrected chi connectivity index (χ1v) is 10.8. The molecule has 164 valence electrons. The lowest BCUT2D eigenvalue weighted by molar-refractivity contribution is 0.413. The zero-order valence-electron chi connectivity index (χ0n) is 17.5. The van der Waals surface area contributed by atoms with Crippen LogP contribution < -0.4 is 10.1 Å². The predicted molar refractivity (Wildman–Crippen MR) is 121 cm³/mol. The van der Waals surface area contributed by atoms with E-state index in [0.717, 1.165) is 48.6 Å². The molecule has 0 saturated carbocycles. The van der Waals surface area contributed by atoms with Crippen molar-refractivity contribution < 1.29 is 9.13 Å². The number of hydrogen-bond donors (Lipinski definition) is 1. The van der Waals surface area contributed by atoms with Crippen LogP contribution in [0.4, 0.5) is 16.0 Å². The van der Waals surface area contributed by atoms with Crippen LogP contribution in [0.15, 0.2) is 55.0 Å². The first kappa shape index (κ1) is 20.5. The Kier molecular flexibility index (Phi) is 5.53. The Labute approximate surface area is 189 Å². The molecule has 0 aliphatic carbocycles. The molecule has 1 aliphatic rings. The van der Waals surface area contributed by atoms with E-state index in [-0.39, 0.29) is 11.7 Å². The number of nitrogens with zero attached hydrogens (tertiary/aromatic N) is 5. The maximum atomic E-state index is 13.4. The highest BCUT2D eigenvalue weighted by Crippen LogP contribution is 2.33. The number of halogens is 2. The van der Waals surface area contributed by atoms with Gasteiger partial charge in [0.15, 0.2) is 0 Å². The highest BCUT2D eigenvalue weighted by molar-refractivity contribution is 6.29. The van der Waals surface area contributed by atoms with Crippen molar-refractivity contribution in [1.82, 2.24) is 24.3 Å². The molecule has 0 spiro atoms. The number of nitrogens with one attached hydrogen (secondary N) is 1. The summed E-state index contributed by atoms with van der Waals surface area (Å²) in [5.74, 6) is 1.93. The van der Waals surface area contributed by atoms with Crippen LogP contribution in [0.5, 0.6) is 5.75 Å². The molecule has 1 aliphatic heterocycles. The van der Waals surface area contributed by atoms with Gasteiger partial charge in [0, 0.05) is 30.4 Å². The topological polar surface area (TPSA) is 69.8 Å². The van der Waals surface area contributed by atoms with Crippen molar-refractivity contribution in [3.8, 4) is 11.4 Å². The largest absolute Gasteiger partial charge is 0.494 e. The average Bonchev–Trinajstić information content (AvgIpc) is 3.35. The lowest BCUT2D eigenvalue weighted by atomic mass is 9.93. The van der Waals surface area contributed by atoms with Crippen LogP contribution in [0.3, 0.4) is 0 Å². The zero-order chi connectivity index (χ0) is 22.1. The number of ether oxygens (including phenoxy) is 1. The van der Waals surface area contributed by atoms with Crippen LogP contribution in [0.2, 0.25) is 5.15 Å². The van der Waals surface area contributed by atoms with Crippen LogP contribution in [-0.2, 0) is 6.54 Å². The van der Waals surface area contributed by atoms with Crippen molar-refractivity contribution in [1.29, 1.82) is 0 Å². The lowest BCUT2D eigenvalue weighted by Crippen LogP contribution is -2.08. The number of fused-ring (bicyclic) bond motifs is 1. The van der Waals surface area contributed by atoms with Crippen molar-refractivity contribution in [2.24, 2.45) is 0 Å². The molecule has 2 aromatic heterocycles. The quantitative estimate of drug-likeness (QED) is 0.443. The van der Waals surface area contributed by atoms with Crippen molar-refractivity contribution in [2.45, 2.75) is 31.7 Å². The van der Waals surface area contributed by atoms with Crippen LogP contribution in [0.1, 0.15) is 36.6 Å². The summed E-state index contributed by atoms with van der Waals surface area (Å²) in [6.07, 6.45) is 6.42. The third-order valence-corrected chi connectivity index (χ3v) is 5.86. The molecule has 4 aromatic rings. The van der Waals surface area contributed by atoms with Gasteiger partial charge in [-0.15, -0.1) is 5.10 Å². The monoisotopic (exact) mass is 452 g/mol. The number of rotatable bonds is 5. The summed E-state index contributed by atoms with van der Waals surface area (Å²) in [6, 6.07) is 12.4. The SMILES string of the molecule is COc1cc(Nc2nc3n(n2)CCCCC3c2ccc(F)cc2)ccc1-n1cnc(Cl)c1. The highest BCUT2D eigenvalue weighted by atomic mass is 35.5. The molecule has 7 nitrogen and oxygen atoms in total. The fourth-order valence-electron chi connectivity index (χ4n) is 4.11. The number of aryl methyl sites for hydroxylation is 1. The molecule has 0 saturated heterocycles. The molecule has 0 radical (unpaired) electrons. The van der Waals surface area contributed by atoms with Crippen molar-refractivity contribution in [2.75, 3.05) is 12.4 Å². The van der Waals surface area contributed by atoms with E-state index in [1.165, 1.54) is 12.1 Å². The molecule has 0 bridgehead atoms. The Balaban J connectivity index is 1.43. The van der Waals surface area contributed by atoms with Gasteiger partial charge in [0.2, 0.25) is 5.95 Å². The van der Waals surface area contributed by atoms with Crippen LogP contribution in [0.25, 0.3) is 5.69 Å². The minimum absolute atomic E-state index is 0.0871. The fourth-order valence-corrected chi connectivity index (χ4v) is 4.26. The second-order valence-corrected chi connectivity index (χ2v) is 8.12. The molecule has 1 unspecified atom stereocenters.